The van der Waals surface area contributed by atoms with Gasteiger partial charge in [-0.2, -0.15) is 11.8 Å². The lowest BCUT2D eigenvalue weighted by molar-refractivity contribution is -0.144. The summed E-state index contributed by atoms with van der Waals surface area (Å²) < 4.78 is 5.28. The second-order valence-corrected chi connectivity index (χ2v) is 8.56. The van der Waals surface area contributed by atoms with Gasteiger partial charge >= 0.3 is 5.97 Å². The molecule has 0 radical (unpaired) electrons. The Bertz CT molecular complexity index is 358. The van der Waals surface area contributed by atoms with Crippen LogP contribution in [-0.2, 0) is 9.53 Å². The van der Waals surface area contributed by atoms with E-state index in [9.17, 15) is 4.79 Å². The van der Waals surface area contributed by atoms with Crippen molar-refractivity contribution in [2.75, 3.05) is 12.4 Å². The standard InChI is InChI=1S/C15H27NO2S/c1-5-18-13(17)12(16)9-19-15(4)8-10-6-11(15)7-14(10,2)3/h10-12H,5-9,16H2,1-4H3/t10?,11?,12-,15?/m0/s1. The van der Waals surface area contributed by atoms with Gasteiger partial charge in [0.25, 0.3) is 0 Å². The van der Waals surface area contributed by atoms with Crippen LogP contribution in [0.25, 0.3) is 0 Å². The van der Waals surface area contributed by atoms with Crippen molar-refractivity contribution in [2.24, 2.45) is 23.0 Å². The SMILES string of the molecule is CCOC(=O)[C@@H](N)CSC1(C)CC2CC1CC2(C)C. The Morgan fingerprint density at radius 3 is 2.53 bits per heavy atom. The van der Waals surface area contributed by atoms with E-state index in [1.165, 1.54) is 19.3 Å². The van der Waals surface area contributed by atoms with E-state index < -0.39 is 6.04 Å². The van der Waals surface area contributed by atoms with Crippen LogP contribution in [-0.4, -0.2) is 29.1 Å². The van der Waals surface area contributed by atoms with E-state index in [1.54, 1.807) is 0 Å². The van der Waals surface area contributed by atoms with Crippen LogP contribution < -0.4 is 5.73 Å². The number of nitrogens with two attached hydrogens (primary N) is 1. The van der Waals surface area contributed by atoms with E-state index in [-0.39, 0.29) is 5.97 Å². The van der Waals surface area contributed by atoms with Crippen molar-refractivity contribution in [2.45, 2.75) is 57.7 Å². The molecule has 3 nitrogen and oxygen atoms in total. The van der Waals surface area contributed by atoms with Gasteiger partial charge in [0, 0.05) is 10.5 Å². The van der Waals surface area contributed by atoms with E-state index >= 15 is 0 Å². The van der Waals surface area contributed by atoms with Crippen molar-refractivity contribution in [3.63, 3.8) is 0 Å². The lowest BCUT2D eigenvalue weighted by atomic mass is 9.73. The number of fused-ring (bicyclic) bond motifs is 2. The van der Waals surface area contributed by atoms with Crippen molar-refractivity contribution in [3.05, 3.63) is 0 Å². The minimum Gasteiger partial charge on any atom is -0.465 e. The Hall–Kier alpha value is -0.220. The number of thioether (sulfide) groups is 1. The Morgan fingerprint density at radius 2 is 2.05 bits per heavy atom. The van der Waals surface area contributed by atoms with Crippen LogP contribution in [0.3, 0.4) is 0 Å². The second-order valence-electron chi connectivity index (χ2n) is 7.01. The van der Waals surface area contributed by atoms with E-state index in [4.69, 9.17) is 10.5 Å². The molecule has 2 fully saturated rings. The molecule has 2 saturated carbocycles. The summed E-state index contributed by atoms with van der Waals surface area (Å²) in [6.07, 6.45) is 3.94. The zero-order valence-corrected chi connectivity index (χ0v) is 13.4. The minimum atomic E-state index is -0.478. The van der Waals surface area contributed by atoms with Gasteiger partial charge in [-0.3, -0.25) is 4.79 Å². The number of ether oxygens (including phenoxy) is 1. The average molecular weight is 285 g/mol. The largest absolute Gasteiger partial charge is 0.465 e. The van der Waals surface area contributed by atoms with Gasteiger partial charge in [0.05, 0.1) is 6.61 Å². The molecule has 4 heteroatoms. The Labute approximate surface area is 121 Å². The van der Waals surface area contributed by atoms with Crippen molar-refractivity contribution in [3.8, 4) is 0 Å². The zero-order valence-electron chi connectivity index (χ0n) is 12.6. The van der Waals surface area contributed by atoms with Gasteiger partial charge in [-0.15, -0.1) is 0 Å². The number of carbonyl (C=O) groups excluding carboxylic acids is 1. The van der Waals surface area contributed by atoms with Gasteiger partial charge < -0.3 is 10.5 Å². The van der Waals surface area contributed by atoms with Crippen LogP contribution in [0.15, 0.2) is 0 Å². The Balaban J connectivity index is 1.86. The zero-order chi connectivity index (χ0) is 14.3. The lowest BCUT2D eigenvalue weighted by Gasteiger charge is -2.40. The molecule has 0 saturated heterocycles. The molecule has 2 aliphatic carbocycles. The molecule has 2 N–H and O–H groups in total. The van der Waals surface area contributed by atoms with E-state index in [0.717, 1.165) is 11.8 Å². The molecule has 0 heterocycles. The van der Waals surface area contributed by atoms with Gasteiger partial charge in [0.15, 0.2) is 0 Å². The van der Waals surface area contributed by atoms with E-state index in [1.807, 2.05) is 18.7 Å². The maximum atomic E-state index is 11.6. The number of hydrogen-bond acceptors (Lipinski definition) is 4. The molecule has 4 atom stereocenters. The number of hydrogen-bond donors (Lipinski definition) is 1. The maximum Gasteiger partial charge on any atom is 0.323 e. The van der Waals surface area contributed by atoms with Gasteiger partial charge in [0.1, 0.15) is 6.04 Å². The molecular formula is C15H27NO2S. The van der Waals surface area contributed by atoms with Gasteiger partial charge in [-0.25, -0.2) is 0 Å². The third-order valence-electron chi connectivity index (χ3n) is 5.14. The van der Waals surface area contributed by atoms with Crippen molar-refractivity contribution < 1.29 is 9.53 Å². The summed E-state index contributed by atoms with van der Waals surface area (Å²) in [6, 6.07) is -0.478. The van der Waals surface area contributed by atoms with Gasteiger partial charge in [-0.1, -0.05) is 20.8 Å². The molecule has 2 aliphatic rings. The van der Waals surface area contributed by atoms with Crippen LogP contribution >= 0.6 is 11.8 Å². The van der Waals surface area contributed by atoms with Crippen LogP contribution in [0.4, 0.5) is 0 Å². The third-order valence-corrected chi connectivity index (χ3v) is 6.83. The molecule has 0 aromatic rings. The van der Waals surface area contributed by atoms with Crippen LogP contribution in [0.5, 0.6) is 0 Å². The molecule has 3 unspecified atom stereocenters. The second kappa shape index (κ2) is 5.28. The van der Waals surface area contributed by atoms with Crippen molar-refractivity contribution in [1.29, 1.82) is 0 Å². The quantitative estimate of drug-likeness (QED) is 0.789. The normalized spacial score (nSPS) is 37.3. The third kappa shape index (κ3) is 2.94. The molecule has 19 heavy (non-hydrogen) atoms. The maximum absolute atomic E-state index is 11.6. The summed E-state index contributed by atoms with van der Waals surface area (Å²) in [6.45, 7) is 9.37. The predicted octanol–water partition coefficient (Wildman–Crippen LogP) is 2.82. The molecule has 0 aliphatic heterocycles. The molecule has 0 spiro atoms. The summed E-state index contributed by atoms with van der Waals surface area (Å²) in [4.78, 5) is 11.6. The highest BCUT2D eigenvalue weighted by Gasteiger charge is 2.55. The summed E-state index contributed by atoms with van der Waals surface area (Å²) in [5, 5.41) is 0. The summed E-state index contributed by atoms with van der Waals surface area (Å²) >= 11 is 1.89. The van der Waals surface area contributed by atoms with Gasteiger partial charge in [0.2, 0.25) is 0 Å². The molecule has 2 rings (SSSR count). The average Bonchev–Trinajstić information content (AvgIpc) is 2.79. The highest BCUT2D eigenvalue weighted by atomic mass is 32.2. The highest BCUT2D eigenvalue weighted by Crippen LogP contribution is 2.63. The monoisotopic (exact) mass is 285 g/mol. The molecule has 110 valence electrons. The number of carbonyl (C=O) groups is 1. The number of rotatable bonds is 5. The molecule has 0 aromatic carbocycles. The molecule has 2 bridgehead atoms. The fraction of sp³-hybridized carbons (Fsp3) is 0.933. The summed E-state index contributed by atoms with van der Waals surface area (Å²) in [5.41, 5.74) is 6.40. The first kappa shape index (κ1) is 15.2. The van der Waals surface area contributed by atoms with Crippen LogP contribution in [0, 0.1) is 17.3 Å². The fourth-order valence-corrected chi connectivity index (χ4v) is 5.23. The van der Waals surface area contributed by atoms with Crippen LogP contribution in [0.1, 0.15) is 47.0 Å². The predicted molar refractivity (Wildman–Crippen MR) is 80.1 cm³/mol. The highest BCUT2D eigenvalue weighted by molar-refractivity contribution is 8.00. The topological polar surface area (TPSA) is 52.3 Å². The minimum absolute atomic E-state index is 0.262. The fourth-order valence-electron chi connectivity index (χ4n) is 3.80. The first-order valence-electron chi connectivity index (χ1n) is 7.34. The van der Waals surface area contributed by atoms with Gasteiger partial charge in [-0.05, 0) is 43.4 Å². The lowest BCUT2D eigenvalue weighted by Crippen LogP contribution is -2.39. The van der Waals surface area contributed by atoms with Crippen molar-refractivity contribution >= 4 is 17.7 Å². The van der Waals surface area contributed by atoms with E-state index in [0.29, 0.717) is 22.5 Å². The Morgan fingerprint density at radius 1 is 1.37 bits per heavy atom. The number of esters is 1. The first-order valence-corrected chi connectivity index (χ1v) is 8.33. The van der Waals surface area contributed by atoms with Crippen molar-refractivity contribution in [1.82, 2.24) is 0 Å². The van der Waals surface area contributed by atoms with Crippen LogP contribution in [0.2, 0.25) is 0 Å². The smallest absolute Gasteiger partial charge is 0.323 e. The summed E-state index contributed by atoms with van der Waals surface area (Å²) in [7, 11) is 0. The first-order chi connectivity index (χ1) is 8.78. The molecule has 0 amide bonds. The molecule has 0 aromatic heterocycles. The van der Waals surface area contributed by atoms with E-state index in [2.05, 4.69) is 20.8 Å². The summed E-state index contributed by atoms with van der Waals surface area (Å²) in [5.74, 6) is 2.04. The Kier molecular flexibility index (Phi) is 4.22. The molecular weight excluding hydrogens is 258 g/mol.